The van der Waals surface area contributed by atoms with Gasteiger partial charge in [0.05, 0.1) is 18.7 Å². The van der Waals surface area contributed by atoms with Crippen LogP contribution < -0.4 is 0 Å². The summed E-state index contributed by atoms with van der Waals surface area (Å²) in [4.78, 5) is 19.7. The number of nitrogens with zero attached hydrogens (tertiary/aromatic N) is 2. The maximum Gasteiger partial charge on any atom is 0.311 e. The molecular weight excluding hydrogens is 192 g/mol. The zero-order valence-corrected chi connectivity index (χ0v) is 8.82. The lowest BCUT2D eigenvalue weighted by Crippen LogP contribution is -2.11. The van der Waals surface area contributed by atoms with Crippen LogP contribution in [-0.4, -0.2) is 22.5 Å². The summed E-state index contributed by atoms with van der Waals surface area (Å²) < 4.78 is 4.91. The summed E-state index contributed by atoms with van der Waals surface area (Å²) in [6.07, 6.45) is 4.93. The molecule has 1 aliphatic carbocycles. The molecule has 0 N–H and O–H groups in total. The molecule has 0 atom stereocenters. The van der Waals surface area contributed by atoms with Gasteiger partial charge in [-0.1, -0.05) is 0 Å². The van der Waals surface area contributed by atoms with E-state index in [1.165, 1.54) is 0 Å². The first-order valence-electron chi connectivity index (χ1n) is 5.28. The molecule has 2 rings (SSSR count). The molecule has 0 saturated heterocycles. The summed E-state index contributed by atoms with van der Waals surface area (Å²) in [7, 11) is 0. The molecule has 1 aromatic rings. The van der Waals surface area contributed by atoms with E-state index in [9.17, 15) is 4.79 Å². The van der Waals surface area contributed by atoms with Gasteiger partial charge in [-0.15, -0.1) is 0 Å². The first-order valence-corrected chi connectivity index (χ1v) is 5.28. The van der Waals surface area contributed by atoms with Crippen LogP contribution in [0.15, 0.2) is 6.33 Å². The summed E-state index contributed by atoms with van der Waals surface area (Å²) in [5.74, 6) is -0.203. The molecule has 0 unspecified atom stereocenters. The van der Waals surface area contributed by atoms with Gasteiger partial charge in [0.25, 0.3) is 0 Å². The van der Waals surface area contributed by atoms with Crippen LogP contribution in [0.5, 0.6) is 0 Å². The van der Waals surface area contributed by atoms with Crippen molar-refractivity contribution in [1.82, 2.24) is 9.97 Å². The fourth-order valence-electron chi connectivity index (χ4n) is 1.93. The number of aromatic nitrogens is 2. The predicted octanol–water partition coefficient (Wildman–Crippen LogP) is 1.07. The Bertz CT molecular complexity index is 377. The number of hydrogen-bond donors (Lipinski definition) is 0. The van der Waals surface area contributed by atoms with Gasteiger partial charge < -0.3 is 4.74 Å². The van der Waals surface area contributed by atoms with E-state index in [2.05, 4.69) is 9.97 Å². The third-order valence-electron chi connectivity index (χ3n) is 2.58. The van der Waals surface area contributed by atoms with Gasteiger partial charge in [-0.25, -0.2) is 9.97 Å². The zero-order valence-electron chi connectivity index (χ0n) is 8.82. The van der Waals surface area contributed by atoms with Crippen LogP contribution in [-0.2, 0) is 28.8 Å². The molecule has 0 radical (unpaired) electrons. The molecule has 1 heterocycles. The number of esters is 1. The number of carbonyl (C=O) groups excluding carboxylic acids is 1. The Labute approximate surface area is 88.7 Å². The number of aryl methyl sites for hydroxylation is 1. The van der Waals surface area contributed by atoms with Crippen LogP contribution in [0, 0.1) is 0 Å². The molecule has 0 amide bonds. The minimum absolute atomic E-state index is 0.203. The van der Waals surface area contributed by atoms with Crippen LogP contribution in [0.2, 0.25) is 0 Å². The Hall–Kier alpha value is -1.45. The van der Waals surface area contributed by atoms with Crippen molar-refractivity contribution in [2.45, 2.75) is 32.6 Å². The molecule has 80 valence electrons. The lowest BCUT2D eigenvalue weighted by molar-refractivity contribution is -0.142. The number of hydrogen-bond acceptors (Lipinski definition) is 4. The molecule has 4 nitrogen and oxygen atoms in total. The van der Waals surface area contributed by atoms with Gasteiger partial charge in [-0.05, 0) is 31.7 Å². The van der Waals surface area contributed by atoms with Crippen LogP contribution in [0.1, 0.15) is 30.3 Å². The molecule has 0 spiro atoms. The fraction of sp³-hybridized carbons (Fsp3) is 0.545. The van der Waals surface area contributed by atoms with Gasteiger partial charge in [-0.2, -0.15) is 0 Å². The van der Waals surface area contributed by atoms with Crippen molar-refractivity contribution in [3.05, 3.63) is 23.3 Å². The van der Waals surface area contributed by atoms with Crippen molar-refractivity contribution in [1.29, 1.82) is 0 Å². The summed E-state index contributed by atoms with van der Waals surface area (Å²) in [6.45, 7) is 2.23. The standard InChI is InChI=1S/C11H14N2O2/c1-2-15-11(14)6-10-8-4-3-5-9(8)12-7-13-10/h7H,2-6H2,1H3. The van der Waals surface area contributed by atoms with E-state index in [0.717, 1.165) is 36.2 Å². The van der Waals surface area contributed by atoms with E-state index >= 15 is 0 Å². The summed E-state index contributed by atoms with van der Waals surface area (Å²) in [5, 5.41) is 0. The first kappa shape index (κ1) is 10.1. The predicted molar refractivity (Wildman–Crippen MR) is 54.4 cm³/mol. The molecule has 4 heteroatoms. The molecule has 15 heavy (non-hydrogen) atoms. The molecule has 1 aromatic heterocycles. The van der Waals surface area contributed by atoms with Gasteiger partial charge in [0, 0.05) is 5.69 Å². The summed E-state index contributed by atoms with van der Waals surface area (Å²) in [6, 6.07) is 0. The van der Waals surface area contributed by atoms with E-state index in [4.69, 9.17) is 4.74 Å². The second-order valence-corrected chi connectivity index (χ2v) is 3.58. The summed E-state index contributed by atoms with van der Waals surface area (Å²) >= 11 is 0. The van der Waals surface area contributed by atoms with Crippen LogP contribution >= 0.6 is 0 Å². The highest BCUT2D eigenvalue weighted by Gasteiger charge is 2.18. The Balaban J connectivity index is 2.15. The lowest BCUT2D eigenvalue weighted by Gasteiger charge is -2.05. The average Bonchev–Trinajstić information content (AvgIpc) is 2.67. The number of carbonyl (C=O) groups is 1. The quantitative estimate of drug-likeness (QED) is 0.694. The summed E-state index contributed by atoms with van der Waals surface area (Å²) in [5.41, 5.74) is 3.10. The fourth-order valence-corrected chi connectivity index (χ4v) is 1.93. The molecule has 1 aliphatic rings. The lowest BCUT2D eigenvalue weighted by atomic mass is 10.1. The minimum atomic E-state index is -0.203. The van der Waals surface area contributed by atoms with Crippen LogP contribution in [0.4, 0.5) is 0 Å². The van der Waals surface area contributed by atoms with Gasteiger partial charge >= 0.3 is 5.97 Å². The monoisotopic (exact) mass is 206 g/mol. The van der Waals surface area contributed by atoms with Crippen molar-refractivity contribution >= 4 is 5.97 Å². The minimum Gasteiger partial charge on any atom is -0.466 e. The average molecular weight is 206 g/mol. The molecule has 0 saturated carbocycles. The molecule has 0 aliphatic heterocycles. The van der Waals surface area contributed by atoms with Crippen molar-refractivity contribution < 1.29 is 9.53 Å². The maximum absolute atomic E-state index is 11.3. The smallest absolute Gasteiger partial charge is 0.311 e. The highest BCUT2D eigenvalue weighted by molar-refractivity contribution is 5.72. The van der Waals surface area contributed by atoms with Crippen molar-refractivity contribution in [2.75, 3.05) is 6.61 Å². The van der Waals surface area contributed by atoms with E-state index in [0.29, 0.717) is 6.61 Å². The first-order chi connectivity index (χ1) is 7.31. The second-order valence-electron chi connectivity index (χ2n) is 3.58. The number of ether oxygens (including phenoxy) is 1. The van der Waals surface area contributed by atoms with Gasteiger partial charge in [0.1, 0.15) is 6.33 Å². The van der Waals surface area contributed by atoms with Gasteiger partial charge in [0.2, 0.25) is 0 Å². The Kier molecular flexibility index (Phi) is 2.94. The third kappa shape index (κ3) is 2.14. The molecule has 0 aromatic carbocycles. The highest BCUT2D eigenvalue weighted by Crippen LogP contribution is 2.22. The second kappa shape index (κ2) is 4.38. The highest BCUT2D eigenvalue weighted by atomic mass is 16.5. The van der Waals surface area contributed by atoms with Crippen LogP contribution in [0.3, 0.4) is 0 Å². The molecule has 0 fully saturated rings. The van der Waals surface area contributed by atoms with E-state index in [1.807, 2.05) is 6.92 Å². The normalized spacial score (nSPS) is 13.7. The van der Waals surface area contributed by atoms with E-state index < -0.39 is 0 Å². The van der Waals surface area contributed by atoms with E-state index in [-0.39, 0.29) is 12.4 Å². The third-order valence-corrected chi connectivity index (χ3v) is 2.58. The van der Waals surface area contributed by atoms with Gasteiger partial charge in [0.15, 0.2) is 0 Å². The number of rotatable bonds is 3. The van der Waals surface area contributed by atoms with Gasteiger partial charge in [-0.3, -0.25) is 4.79 Å². The Morgan fingerprint density at radius 2 is 2.33 bits per heavy atom. The van der Waals surface area contributed by atoms with E-state index in [1.54, 1.807) is 6.33 Å². The SMILES string of the molecule is CCOC(=O)Cc1ncnc2c1CCC2. The van der Waals surface area contributed by atoms with Crippen molar-refractivity contribution in [3.63, 3.8) is 0 Å². The Morgan fingerprint density at radius 3 is 3.13 bits per heavy atom. The Morgan fingerprint density at radius 1 is 1.47 bits per heavy atom. The number of fused-ring (bicyclic) bond motifs is 1. The molecular formula is C11H14N2O2. The zero-order chi connectivity index (χ0) is 10.7. The maximum atomic E-state index is 11.3. The largest absolute Gasteiger partial charge is 0.466 e. The molecule has 0 bridgehead atoms. The van der Waals surface area contributed by atoms with Crippen molar-refractivity contribution in [2.24, 2.45) is 0 Å². The van der Waals surface area contributed by atoms with Crippen LogP contribution in [0.25, 0.3) is 0 Å². The van der Waals surface area contributed by atoms with Crippen molar-refractivity contribution in [3.8, 4) is 0 Å². The topological polar surface area (TPSA) is 52.1 Å².